The molecule has 3 fully saturated rings. The summed E-state index contributed by atoms with van der Waals surface area (Å²) < 4.78 is 5.99. The van der Waals surface area contributed by atoms with Crippen molar-refractivity contribution in [3.8, 4) is 0 Å². The van der Waals surface area contributed by atoms with Gasteiger partial charge in [-0.3, -0.25) is 14.5 Å². The summed E-state index contributed by atoms with van der Waals surface area (Å²) in [5, 5.41) is -0.105. The van der Waals surface area contributed by atoms with Crippen LogP contribution >= 0.6 is 11.8 Å². The molecule has 5 atom stereocenters. The molecule has 1 aliphatic heterocycles. The van der Waals surface area contributed by atoms with Gasteiger partial charge in [0.15, 0.2) is 0 Å². The maximum atomic E-state index is 14.8. The Labute approximate surface area is 211 Å². The number of amides is 2. The molecule has 35 heavy (non-hydrogen) atoms. The van der Waals surface area contributed by atoms with Crippen LogP contribution in [0.1, 0.15) is 69.2 Å². The van der Waals surface area contributed by atoms with Crippen molar-refractivity contribution in [2.75, 3.05) is 7.11 Å². The Morgan fingerprint density at radius 3 is 2.00 bits per heavy atom. The van der Waals surface area contributed by atoms with E-state index in [9.17, 15) is 9.59 Å². The number of hydrogen-bond donors (Lipinski definition) is 0. The highest BCUT2D eigenvalue weighted by Gasteiger charge is 2.74. The Morgan fingerprint density at radius 2 is 1.49 bits per heavy atom. The predicted octanol–water partition coefficient (Wildman–Crippen LogP) is 5.90. The van der Waals surface area contributed by atoms with E-state index in [1.807, 2.05) is 0 Å². The monoisotopic (exact) mass is 487 g/mol. The van der Waals surface area contributed by atoms with E-state index in [4.69, 9.17) is 4.74 Å². The summed E-state index contributed by atoms with van der Waals surface area (Å²) >= 11 is 1.39. The molecular weight excluding hydrogens is 454 g/mol. The third-order valence-corrected chi connectivity index (χ3v) is 12.6. The third-order valence-electron chi connectivity index (χ3n) is 11.2. The summed E-state index contributed by atoms with van der Waals surface area (Å²) in [5.74, 6) is 0.460. The Hall–Kier alpha value is -2.11. The quantitative estimate of drug-likeness (QED) is 0.529. The molecule has 2 saturated carbocycles. The lowest BCUT2D eigenvalue weighted by Gasteiger charge is -2.60. The first-order chi connectivity index (χ1) is 16.6. The standard InChI is InChI=1S/C30H33NO3S/c1-27(2)17-14-15-30(27,22(16-17)34-5)25(32)31-23-24(35-26(31)33)29(4)20-12-8-6-10-18(20)28(23,3)19-11-7-9-13-21(19)29/h6-13,17,22-24H,14-16H2,1-5H3/t17-,22-,23+,24-,28?,29?,30+/m1/s1. The van der Waals surface area contributed by atoms with E-state index >= 15 is 0 Å². The average Bonchev–Trinajstić information content (AvgIpc) is 3.43. The number of imide groups is 1. The van der Waals surface area contributed by atoms with Gasteiger partial charge >= 0.3 is 0 Å². The molecule has 0 spiro atoms. The minimum atomic E-state index is -0.648. The van der Waals surface area contributed by atoms with Gasteiger partial charge in [0, 0.05) is 23.2 Å². The molecular formula is C30H33NO3S. The third kappa shape index (κ3) is 2.16. The van der Waals surface area contributed by atoms with Crippen molar-refractivity contribution >= 4 is 22.9 Å². The van der Waals surface area contributed by atoms with Gasteiger partial charge in [0.1, 0.15) is 0 Å². The van der Waals surface area contributed by atoms with Gasteiger partial charge in [0.25, 0.3) is 5.24 Å². The van der Waals surface area contributed by atoms with Gasteiger partial charge in [-0.2, -0.15) is 0 Å². The number of carbonyl (C=O) groups excluding carboxylic acids is 2. The maximum Gasteiger partial charge on any atom is 0.289 e. The Bertz CT molecular complexity index is 1250. The number of carbonyl (C=O) groups is 2. The number of methoxy groups -OCH3 is 1. The van der Waals surface area contributed by atoms with Crippen molar-refractivity contribution in [2.45, 2.75) is 75.2 Å². The molecule has 0 unspecified atom stereocenters. The molecule has 4 nitrogen and oxygen atoms in total. The second-order valence-corrected chi connectivity index (χ2v) is 13.4. The lowest BCUT2D eigenvalue weighted by atomic mass is 9.47. The van der Waals surface area contributed by atoms with Crippen LogP contribution in [-0.2, 0) is 20.4 Å². The zero-order chi connectivity index (χ0) is 24.5. The van der Waals surface area contributed by atoms with Gasteiger partial charge in [-0.1, -0.05) is 81.1 Å². The van der Waals surface area contributed by atoms with E-state index in [2.05, 4.69) is 76.2 Å². The summed E-state index contributed by atoms with van der Waals surface area (Å²) in [4.78, 5) is 30.5. The van der Waals surface area contributed by atoms with E-state index in [1.54, 1.807) is 12.0 Å². The van der Waals surface area contributed by atoms with Crippen molar-refractivity contribution < 1.29 is 14.3 Å². The molecule has 0 N–H and O–H groups in total. The molecule has 8 rings (SSSR count). The Morgan fingerprint density at radius 1 is 0.943 bits per heavy atom. The van der Waals surface area contributed by atoms with E-state index in [-0.39, 0.29) is 39.4 Å². The van der Waals surface area contributed by atoms with Crippen molar-refractivity contribution in [3.63, 3.8) is 0 Å². The number of fused-ring (bicyclic) bond motifs is 2. The van der Waals surface area contributed by atoms with E-state index < -0.39 is 10.8 Å². The second kappa shape index (κ2) is 6.60. The van der Waals surface area contributed by atoms with Gasteiger partial charge < -0.3 is 4.74 Å². The summed E-state index contributed by atoms with van der Waals surface area (Å²) in [6.07, 6.45) is 2.60. The SMILES string of the molecule is CO[C@@H]1C[C@H]2CC[C@]1(C(=O)N1C(=O)S[C@@H]3[C@H]1C1(C)c4ccccc4C3(C)c3ccccc31)C2(C)C. The molecule has 0 aromatic heterocycles. The van der Waals surface area contributed by atoms with Crippen LogP contribution in [0.4, 0.5) is 4.79 Å². The zero-order valence-electron chi connectivity index (χ0n) is 21.1. The van der Waals surface area contributed by atoms with Crippen LogP contribution in [0.3, 0.4) is 0 Å². The van der Waals surface area contributed by atoms with Gasteiger partial charge in [0.05, 0.1) is 17.6 Å². The fourth-order valence-electron chi connectivity index (χ4n) is 9.31. The lowest BCUT2D eigenvalue weighted by molar-refractivity contribution is -0.155. The molecule has 5 heteroatoms. The minimum Gasteiger partial charge on any atom is -0.380 e. The van der Waals surface area contributed by atoms with Crippen LogP contribution in [0.5, 0.6) is 0 Å². The van der Waals surface area contributed by atoms with Crippen molar-refractivity contribution in [3.05, 3.63) is 70.8 Å². The highest BCUT2D eigenvalue weighted by molar-refractivity contribution is 8.14. The van der Waals surface area contributed by atoms with Crippen LogP contribution in [-0.4, -0.2) is 40.6 Å². The first kappa shape index (κ1) is 22.1. The lowest BCUT2D eigenvalue weighted by Crippen LogP contribution is -2.68. The Balaban J connectivity index is 1.46. The fraction of sp³-hybridized carbons (Fsp3) is 0.533. The molecule has 2 aromatic carbocycles. The summed E-state index contributed by atoms with van der Waals surface area (Å²) in [6.45, 7) is 9.01. The number of nitrogens with zero attached hydrogens (tertiary/aromatic N) is 1. The first-order valence-corrected chi connectivity index (χ1v) is 13.8. The van der Waals surface area contributed by atoms with Gasteiger partial charge in [0.2, 0.25) is 5.91 Å². The minimum absolute atomic E-state index is 0.00619. The molecule has 2 amide bonds. The van der Waals surface area contributed by atoms with Crippen LogP contribution in [0.25, 0.3) is 0 Å². The largest absolute Gasteiger partial charge is 0.380 e. The number of ether oxygens (including phenoxy) is 1. The molecule has 4 bridgehead atoms. The number of hydrogen-bond acceptors (Lipinski definition) is 4. The van der Waals surface area contributed by atoms with Crippen LogP contribution in [0, 0.1) is 16.7 Å². The van der Waals surface area contributed by atoms with E-state index in [1.165, 1.54) is 34.0 Å². The molecule has 5 aliphatic carbocycles. The number of thioether (sulfide) groups is 1. The van der Waals surface area contributed by atoms with E-state index in [0.29, 0.717) is 5.92 Å². The Kier molecular flexibility index (Phi) is 4.17. The fourth-order valence-corrected chi connectivity index (χ4v) is 10.8. The first-order valence-electron chi connectivity index (χ1n) is 12.9. The van der Waals surface area contributed by atoms with Crippen molar-refractivity contribution in [1.82, 2.24) is 4.90 Å². The van der Waals surface area contributed by atoms with Gasteiger partial charge in [-0.05, 0) is 59.8 Å². The summed E-state index contributed by atoms with van der Waals surface area (Å²) in [5.41, 5.74) is 3.47. The summed E-state index contributed by atoms with van der Waals surface area (Å²) in [6, 6.07) is 17.1. The smallest absolute Gasteiger partial charge is 0.289 e. The van der Waals surface area contributed by atoms with Crippen LogP contribution < -0.4 is 0 Å². The highest BCUT2D eigenvalue weighted by Crippen LogP contribution is 2.70. The second-order valence-electron chi connectivity index (χ2n) is 12.3. The number of benzene rings is 2. The molecule has 182 valence electrons. The van der Waals surface area contributed by atoms with Crippen molar-refractivity contribution in [1.29, 1.82) is 0 Å². The molecule has 1 heterocycles. The topological polar surface area (TPSA) is 46.6 Å². The zero-order valence-corrected chi connectivity index (χ0v) is 21.9. The normalized spacial score (nSPS) is 41.6. The van der Waals surface area contributed by atoms with Crippen LogP contribution in [0.15, 0.2) is 48.5 Å². The van der Waals surface area contributed by atoms with Crippen molar-refractivity contribution in [2.24, 2.45) is 16.7 Å². The average molecular weight is 488 g/mol. The van der Waals surface area contributed by atoms with Gasteiger partial charge in [-0.15, -0.1) is 0 Å². The molecule has 2 aromatic rings. The molecule has 1 saturated heterocycles. The van der Waals surface area contributed by atoms with Gasteiger partial charge in [-0.25, -0.2) is 0 Å². The van der Waals surface area contributed by atoms with E-state index in [0.717, 1.165) is 19.3 Å². The number of rotatable bonds is 2. The maximum absolute atomic E-state index is 14.8. The molecule has 0 radical (unpaired) electrons. The summed E-state index contributed by atoms with van der Waals surface area (Å²) in [7, 11) is 1.73. The highest BCUT2D eigenvalue weighted by atomic mass is 32.2. The van der Waals surface area contributed by atoms with Crippen LogP contribution in [0.2, 0.25) is 0 Å². The predicted molar refractivity (Wildman–Crippen MR) is 138 cm³/mol. The molecule has 6 aliphatic rings.